The van der Waals surface area contributed by atoms with Gasteiger partial charge in [-0.3, -0.25) is 0 Å². The molecule has 1 fully saturated rings. The van der Waals surface area contributed by atoms with E-state index in [2.05, 4.69) is 17.1 Å². The summed E-state index contributed by atoms with van der Waals surface area (Å²) in [7, 11) is 3.23. The van der Waals surface area contributed by atoms with Crippen molar-refractivity contribution in [2.45, 2.75) is 25.9 Å². The van der Waals surface area contributed by atoms with Crippen LogP contribution in [0.4, 0.5) is 0 Å². The highest BCUT2D eigenvalue weighted by molar-refractivity contribution is 5.43. The van der Waals surface area contributed by atoms with Crippen molar-refractivity contribution in [3.63, 3.8) is 0 Å². The minimum Gasteiger partial charge on any atom is -0.493 e. The molecule has 0 aliphatic carbocycles. The van der Waals surface area contributed by atoms with Gasteiger partial charge in [-0.25, -0.2) is 0 Å². The van der Waals surface area contributed by atoms with Crippen LogP contribution in [-0.2, 0) is 11.2 Å². The van der Waals surface area contributed by atoms with Gasteiger partial charge in [-0.1, -0.05) is 18.1 Å². The van der Waals surface area contributed by atoms with Gasteiger partial charge in [0.15, 0.2) is 17.3 Å². The second-order valence-electron chi connectivity index (χ2n) is 5.47. The van der Waals surface area contributed by atoms with Gasteiger partial charge in [0.05, 0.1) is 14.2 Å². The zero-order valence-corrected chi connectivity index (χ0v) is 13.0. The molecule has 0 unspecified atom stereocenters. The van der Waals surface area contributed by atoms with Crippen molar-refractivity contribution in [1.29, 1.82) is 0 Å². The van der Waals surface area contributed by atoms with Crippen LogP contribution in [0, 0.1) is 5.92 Å². The normalized spacial score (nSPS) is 21.0. The van der Waals surface area contributed by atoms with Crippen LogP contribution in [0.2, 0.25) is 0 Å². The van der Waals surface area contributed by atoms with Crippen LogP contribution in [-0.4, -0.2) is 31.0 Å². The Labute approximate surface area is 129 Å². The molecule has 118 valence electrons. The van der Waals surface area contributed by atoms with E-state index in [1.165, 1.54) is 0 Å². The highest BCUT2D eigenvalue weighted by Gasteiger charge is 2.30. The lowest BCUT2D eigenvalue weighted by Gasteiger charge is -2.08. The summed E-state index contributed by atoms with van der Waals surface area (Å²) in [5, 5.41) is 4.05. The molecule has 0 N–H and O–H groups in total. The van der Waals surface area contributed by atoms with Gasteiger partial charge in [-0.15, -0.1) is 0 Å². The fourth-order valence-electron chi connectivity index (χ4n) is 2.64. The van der Waals surface area contributed by atoms with Crippen molar-refractivity contribution >= 4 is 0 Å². The van der Waals surface area contributed by atoms with E-state index in [-0.39, 0.29) is 6.10 Å². The molecule has 6 nitrogen and oxygen atoms in total. The predicted octanol–water partition coefficient (Wildman–Crippen LogP) is 2.78. The molecule has 1 aromatic heterocycles. The van der Waals surface area contributed by atoms with Crippen LogP contribution in [0.1, 0.15) is 36.7 Å². The summed E-state index contributed by atoms with van der Waals surface area (Å²) in [6.07, 6.45) is 1.52. The lowest BCUT2D eigenvalue weighted by molar-refractivity contribution is 0.0661. The molecule has 1 aromatic carbocycles. The van der Waals surface area contributed by atoms with Crippen molar-refractivity contribution in [1.82, 2.24) is 10.1 Å². The lowest BCUT2D eigenvalue weighted by atomic mass is 10.0. The summed E-state index contributed by atoms with van der Waals surface area (Å²) in [5.74, 6) is 3.02. The molecule has 22 heavy (non-hydrogen) atoms. The summed E-state index contributed by atoms with van der Waals surface area (Å²) in [4.78, 5) is 4.46. The molecular formula is C16H20N2O4. The third-order valence-corrected chi connectivity index (χ3v) is 3.92. The van der Waals surface area contributed by atoms with E-state index in [1.54, 1.807) is 14.2 Å². The minimum absolute atomic E-state index is 0.0772. The molecule has 2 heterocycles. The van der Waals surface area contributed by atoms with Crippen molar-refractivity contribution < 1.29 is 18.7 Å². The van der Waals surface area contributed by atoms with Gasteiger partial charge in [-0.2, -0.15) is 4.98 Å². The molecule has 0 spiro atoms. The SMILES string of the molecule is COc1ccc(Cc2noc([C@@H]3OCC[C@H]3C)n2)cc1OC. The number of hydrogen-bond acceptors (Lipinski definition) is 6. The third-order valence-electron chi connectivity index (χ3n) is 3.92. The summed E-state index contributed by atoms with van der Waals surface area (Å²) in [6, 6.07) is 5.76. The third kappa shape index (κ3) is 2.92. The number of benzene rings is 1. The maximum Gasteiger partial charge on any atom is 0.256 e. The molecule has 1 aliphatic rings. The first kappa shape index (κ1) is 14.8. The molecule has 0 amide bonds. The molecule has 0 radical (unpaired) electrons. The fraction of sp³-hybridized carbons (Fsp3) is 0.500. The standard InChI is InChI=1S/C16H20N2O4/c1-10-6-7-21-15(10)16-17-14(18-22-16)9-11-4-5-12(19-2)13(8-11)20-3/h4-5,8,10,15H,6-7,9H2,1-3H3/t10-,15-/m1/s1. The van der Waals surface area contributed by atoms with E-state index in [0.29, 0.717) is 35.6 Å². The Hall–Kier alpha value is -2.08. The topological polar surface area (TPSA) is 66.6 Å². The molecule has 1 saturated heterocycles. The van der Waals surface area contributed by atoms with Crippen molar-refractivity contribution in [3.8, 4) is 11.5 Å². The van der Waals surface area contributed by atoms with Crippen molar-refractivity contribution in [2.24, 2.45) is 5.92 Å². The minimum atomic E-state index is -0.0772. The van der Waals surface area contributed by atoms with Crippen molar-refractivity contribution in [3.05, 3.63) is 35.5 Å². The molecule has 0 saturated carbocycles. The maximum atomic E-state index is 5.65. The predicted molar refractivity (Wildman–Crippen MR) is 79.1 cm³/mol. The summed E-state index contributed by atoms with van der Waals surface area (Å²) in [5.41, 5.74) is 1.03. The Morgan fingerprint density at radius 3 is 2.73 bits per heavy atom. The number of rotatable bonds is 5. The summed E-state index contributed by atoms with van der Waals surface area (Å²) in [6.45, 7) is 2.88. The molecule has 0 bridgehead atoms. The number of ether oxygens (including phenoxy) is 3. The largest absolute Gasteiger partial charge is 0.493 e. The van der Waals surface area contributed by atoms with Crippen LogP contribution in [0.5, 0.6) is 11.5 Å². The zero-order valence-electron chi connectivity index (χ0n) is 13.0. The Morgan fingerprint density at radius 1 is 1.23 bits per heavy atom. The molecule has 2 aromatic rings. The summed E-state index contributed by atoms with van der Waals surface area (Å²) < 4.78 is 21.5. The van der Waals surface area contributed by atoms with Crippen LogP contribution in [0.25, 0.3) is 0 Å². The second-order valence-corrected chi connectivity index (χ2v) is 5.47. The van der Waals surface area contributed by atoms with E-state index < -0.39 is 0 Å². The zero-order chi connectivity index (χ0) is 15.5. The van der Waals surface area contributed by atoms with E-state index in [9.17, 15) is 0 Å². The van der Waals surface area contributed by atoms with Gasteiger partial charge < -0.3 is 18.7 Å². The monoisotopic (exact) mass is 304 g/mol. The Morgan fingerprint density at radius 2 is 2.05 bits per heavy atom. The average Bonchev–Trinajstić information content (AvgIpc) is 3.15. The second kappa shape index (κ2) is 6.36. The number of aromatic nitrogens is 2. The van der Waals surface area contributed by atoms with Crippen LogP contribution in [0.15, 0.2) is 22.7 Å². The van der Waals surface area contributed by atoms with Gasteiger partial charge in [0.1, 0.15) is 6.10 Å². The van der Waals surface area contributed by atoms with E-state index in [0.717, 1.165) is 18.6 Å². The number of nitrogens with zero attached hydrogens (tertiary/aromatic N) is 2. The van der Waals surface area contributed by atoms with Crippen LogP contribution in [0.3, 0.4) is 0 Å². The van der Waals surface area contributed by atoms with Gasteiger partial charge in [0.2, 0.25) is 0 Å². The van der Waals surface area contributed by atoms with Crippen LogP contribution < -0.4 is 9.47 Å². The van der Waals surface area contributed by atoms with E-state index >= 15 is 0 Å². The summed E-state index contributed by atoms with van der Waals surface area (Å²) >= 11 is 0. The van der Waals surface area contributed by atoms with Crippen LogP contribution >= 0.6 is 0 Å². The van der Waals surface area contributed by atoms with Crippen molar-refractivity contribution in [2.75, 3.05) is 20.8 Å². The van der Waals surface area contributed by atoms with Gasteiger partial charge in [0.25, 0.3) is 5.89 Å². The Balaban J connectivity index is 1.75. The Kier molecular flexibility index (Phi) is 4.29. The van der Waals surface area contributed by atoms with Gasteiger partial charge in [-0.05, 0) is 30.0 Å². The fourth-order valence-corrected chi connectivity index (χ4v) is 2.64. The van der Waals surface area contributed by atoms with E-state index in [4.69, 9.17) is 18.7 Å². The lowest BCUT2D eigenvalue weighted by Crippen LogP contribution is -2.04. The molecule has 3 rings (SSSR count). The number of methoxy groups -OCH3 is 2. The number of hydrogen-bond donors (Lipinski definition) is 0. The Bertz CT molecular complexity index is 641. The highest BCUT2D eigenvalue weighted by atomic mass is 16.5. The average molecular weight is 304 g/mol. The molecular weight excluding hydrogens is 284 g/mol. The molecule has 6 heteroatoms. The van der Waals surface area contributed by atoms with E-state index in [1.807, 2.05) is 18.2 Å². The van der Waals surface area contributed by atoms with Gasteiger partial charge >= 0.3 is 0 Å². The first-order valence-electron chi connectivity index (χ1n) is 7.36. The van der Waals surface area contributed by atoms with Gasteiger partial charge in [0, 0.05) is 13.0 Å². The molecule has 2 atom stereocenters. The smallest absolute Gasteiger partial charge is 0.256 e. The first-order valence-corrected chi connectivity index (χ1v) is 7.36. The highest BCUT2D eigenvalue weighted by Crippen LogP contribution is 2.33. The first-order chi connectivity index (χ1) is 10.7. The molecule has 1 aliphatic heterocycles. The maximum absolute atomic E-state index is 5.65. The quantitative estimate of drug-likeness (QED) is 0.846.